The zero-order valence-corrected chi connectivity index (χ0v) is 10.4. The number of hydrogen-bond acceptors (Lipinski definition) is 2. The van der Waals surface area contributed by atoms with E-state index in [4.69, 9.17) is 4.74 Å². The maximum atomic E-state index is 9.89. The van der Waals surface area contributed by atoms with Gasteiger partial charge in [0.15, 0.2) is 0 Å². The van der Waals surface area contributed by atoms with E-state index in [1.54, 1.807) is 0 Å². The summed E-state index contributed by atoms with van der Waals surface area (Å²) in [4.78, 5) is 0. The monoisotopic (exact) mass is 222 g/mol. The molecule has 0 radical (unpaired) electrons. The van der Waals surface area contributed by atoms with E-state index in [0.717, 1.165) is 12.0 Å². The highest BCUT2D eigenvalue weighted by molar-refractivity contribution is 5.25. The molecule has 1 aromatic rings. The van der Waals surface area contributed by atoms with Crippen LogP contribution in [0.1, 0.15) is 38.0 Å². The van der Waals surface area contributed by atoms with Gasteiger partial charge in [-0.05, 0) is 30.4 Å². The third-order valence-corrected chi connectivity index (χ3v) is 2.46. The first-order chi connectivity index (χ1) is 7.63. The first kappa shape index (κ1) is 13.2. The largest absolute Gasteiger partial charge is 0.386 e. The van der Waals surface area contributed by atoms with E-state index in [0.29, 0.717) is 19.1 Å². The van der Waals surface area contributed by atoms with Crippen molar-refractivity contribution >= 4 is 0 Å². The molecule has 1 rings (SSSR count). The molecule has 1 N–H and O–H groups in total. The Kier molecular flexibility index (Phi) is 5.50. The van der Waals surface area contributed by atoms with Gasteiger partial charge in [-0.25, -0.2) is 0 Å². The van der Waals surface area contributed by atoms with Crippen LogP contribution in [0.3, 0.4) is 0 Å². The van der Waals surface area contributed by atoms with Crippen LogP contribution in [0.15, 0.2) is 24.3 Å². The lowest BCUT2D eigenvalue weighted by Crippen LogP contribution is -2.07. The Bertz CT molecular complexity index is 307. The summed E-state index contributed by atoms with van der Waals surface area (Å²) in [6, 6.07) is 8.14. The molecule has 1 aromatic carbocycles. The Hall–Kier alpha value is -0.860. The summed E-state index contributed by atoms with van der Waals surface area (Å²) in [5.41, 5.74) is 2.23. The fraction of sp³-hybridized carbons (Fsp3) is 0.571. The van der Waals surface area contributed by atoms with Crippen LogP contribution in [0.5, 0.6) is 0 Å². The standard InChI is InChI=1S/C14H22O2/c1-4-16-10-14(15)13-7-5-6-12(9-13)8-11(2)3/h5-7,9,11,14-15H,4,8,10H2,1-3H3. The van der Waals surface area contributed by atoms with Gasteiger partial charge in [0.25, 0.3) is 0 Å². The average molecular weight is 222 g/mol. The summed E-state index contributed by atoms with van der Waals surface area (Å²) in [6.07, 6.45) is 0.543. The normalized spacial score (nSPS) is 13.1. The van der Waals surface area contributed by atoms with E-state index in [9.17, 15) is 5.11 Å². The Labute approximate surface area is 98.3 Å². The molecule has 90 valence electrons. The van der Waals surface area contributed by atoms with Crippen molar-refractivity contribution < 1.29 is 9.84 Å². The van der Waals surface area contributed by atoms with Crippen molar-refractivity contribution in [2.75, 3.05) is 13.2 Å². The molecule has 0 saturated heterocycles. The molecule has 16 heavy (non-hydrogen) atoms. The molecule has 0 aliphatic heterocycles. The summed E-state index contributed by atoms with van der Waals surface area (Å²) in [5.74, 6) is 0.638. The predicted octanol–water partition coefficient (Wildman–Crippen LogP) is 2.96. The van der Waals surface area contributed by atoms with Gasteiger partial charge in [0.1, 0.15) is 6.10 Å². The Balaban J connectivity index is 2.65. The molecule has 0 aromatic heterocycles. The minimum Gasteiger partial charge on any atom is -0.386 e. The molecule has 1 atom stereocenters. The zero-order valence-electron chi connectivity index (χ0n) is 10.4. The topological polar surface area (TPSA) is 29.5 Å². The molecular weight excluding hydrogens is 200 g/mol. The highest BCUT2D eigenvalue weighted by Gasteiger charge is 2.08. The van der Waals surface area contributed by atoms with Gasteiger partial charge in [0.2, 0.25) is 0 Å². The third-order valence-electron chi connectivity index (χ3n) is 2.46. The quantitative estimate of drug-likeness (QED) is 0.802. The fourth-order valence-corrected chi connectivity index (χ4v) is 1.72. The van der Waals surface area contributed by atoms with Gasteiger partial charge in [-0.1, -0.05) is 38.1 Å². The van der Waals surface area contributed by atoms with Crippen molar-refractivity contribution in [3.05, 3.63) is 35.4 Å². The third kappa shape index (κ3) is 4.33. The predicted molar refractivity (Wildman–Crippen MR) is 66.4 cm³/mol. The lowest BCUT2D eigenvalue weighted by atomic mass is 9.99. The highest BCUT2D eigenvalue weighted by Crippen LogP contribution is 2.17. The van der Waals surface area contributed by atoms with Crippen molar-refractivity contribution in [2.45, 2.75) is 33.3 Å². The second kappa shape index (κ2) is 6.66. The molecule has 0 bridgehead atoms. The smallest absolute Gasteiger partial charge is 0.102 e. The van der Waals surface area contributed by atoms with E-state index in [1.807, 2.05) is 19.1 Å². The van der Waals surface area contributed by atoms with E-state index in [1.165, 1.54) is 5.56 Å². The van der Waals surface area contributed by atoms with Gasteiger partial charge < -0.3 is 9.84 Å². The van der Waals surface area contributed by atoms with Crippen LogP contribution in [0.25, 0.3) is 0 Å². The van der Waals surface area contributed by atoms with Gasteiger partial charge in [-0.15, -0.1) is 0 Å². The van der Waals surface area contributed by atoms with E-state index in [-0.39, 0.29) is 0 Å². The van der Waals surface area contributed by atoms with Crippen molar-refractivity contribution in [3.63, 3.8) is 0 Å². The maximum absolute atomic E-state index is 9.89. The molecule has 0 aliphatic carbocycles. The second-order valence-corrected chi connectivity index (χ2v) is 4.52. The summed E-state index contributed by atoms with van der Waals surface area (Å²) in [6.45, 7) is 7.35. The van der Waals surface area contributed by atoms with Crippen LogP contribution in [0.2, 0.25) is 0 Å². The van der Waals surface area contributed by atoms with Crippen LogP contribution in [-0.2, 0) is 11.2 Å². The number of ether oxygens (including phenoxy) is 1. The van der Waals surface area contributed by atoms with E-state index < -0.39 is 6.10 Å². The molecule has 0 aliphatic rings. The van der Waals surface area contributed by atoms with Crippen LogP contribution in [-0.4, -0.2) is 18.3 Å². The van der Waals surface area contributed by atoms with Crippen LogP contribution in [0, 0.1) is 5.92 Å². The maximum Gasteiger partial charge on any atom is 0.102 e. The van der Waals surface area contributed by atoms with E-state index >= 15 is 0 Å². The molecular formula is C14H22O2. The summed E-state index contributed by atoms with van der Waals surface area (Å²) < 4.78 is 5.22. The van der Waals surface area contributed by atoms with Gasteiger partial charge in [0.05, 0.1) is 6.61 Å². The molecule has 0 saturated carbocycles. The lowest BCUT2D eigenvalue weighted by molar-refractivity contribution is 0.0420. The SMILES string of the molecule is CCOCC(O)c1cccc(CC(C)C)c1. The van der Waals surface area contributed by atoms with Crippen LogP contribution in [0.4, 0.5) is 0 Å². The summed E-state index contributed by atoms with van der Waals surface area (Å²) in [5, 5.41) is 9.89. The molecule has 0 amide bonds. The average Bonchev–Trinajstić information content (AvgIpc) is 2.25. The Morgan fingerprint density at radius 2 is 2.06 bits per heavy atom. The van der Waals surface area contributed by atoms with Crippen molar-refractivity contribution in [1.29, 1.82) is 0 Å². The van der Waals surface area contributed by atoms with Crippen molar-refractivity contribution in [3.8, 4) is 0 Å². The Morgan fingerprint density at radius 3 is 2.69 bits per heavy atom. The van der Waals surface area contributed by atoms with Crippen LogP contribution < -0.4 is 0 Å². The highest BCUT2D eigenvalue weighted by atomic mass is 16.5. The second-order valence-electron chi connectivity index (χ2n) is 4.52. The molecule has 0 spiro atoms. The molecule has 0 heterocycles. The minimum absolute atomic E-state index is 0.377. The Morgan fingerprint density at radius 1 is 1.31 bits per heavy atom. The van der Waals surface area contributed by atoms with Gasteiger partial charge in [-0.3, -0.25) is 0 Å². The summed E-state index contributed by atoms with van der Waals surface area (Å²) in [7, 11) is 0. The first-order valence-electron chi connectivity index (χ1n) is 5.98. The lowest BCUT2D eigenvalue weighted by Gasteiger charge is -2.13. The number of aliphatic hydroxyl groups is 1. The molecule has 2 nitrogen and oxygen atoms in total. The van der Waals surface area contributed by atoms with Crippen LogP contribution >= 0.6 is 0 Å². The van der Waals surface area contributed by atoms with E-state index in [2.05, 4.69) is 26.0 Å². The van der Waals surface area contributed by atoms with Crippen molar-refractivity contribution in [2.24, 2.45) is 5.92 Å². The molecule has 0 fully saturated rings. The van der Waals surface area contributed by atoms with Gasteiger partial charge in [-0.2, -0.15) is 0 Å². The zero-order chi connectivity index (χ0) is 12.0. The molecule has 2 heteroatoms. The van der Waals surface area contributed by atoms with Gasteiger partial charge >= 0.3 is 0 Å². The minimum atomic E-state index is -0.507. The first-order valence-corrected chi connectivity index (χ1v) is 5.98. The fourth-order valence-electron chi connectivity index (χ4n) is 1.72. The van der Waals surface area contributed by atoms with Gasteiger partial charge in [0, 0.05) is 6.61 Å². The number of benzene rings is 1. The molecule has 1 unspecified atom stereocenters. The van der Waals surface area contributed by atoms with Crippen molar-refractivity contribution in [1.82, 2.24) is 0 Å². The summed E-state index contributed by atoms with van der Waals surface area (Å²) >= 11 is 0. The number of rotatable bonds is 6. The number of aliphatic hydroxyl groups excluding tert-OH is 1. The number of hydrogen-bond donors (Lipinski definition) is 1.